The standard InChI is InChI=1S/C15H24N2O2/c1-7-16-9-14(18)17(5)13-8-10(2)15(19-6)12(4)11(13)3/h8,16H,7,9H2,1-6H3. The van der Waals surface area contributed by atoms with E-state index in [1.165, 1.54) is 0 Å². The summed E-state index contributed by atoms with van der Waals surface area (Å²) < 4.78 is 5.40. The van der Waals surface area contributed by atoms with Crippen molar-refractivity contribution in [1.82, 2.24) is 5.32 Å². The molecular formula is C15H24N2O2. The van der Waals surface area contributed by atoms with Gasteiger partial charge in [-0.15, -0.1) is 0 Å². The van der Waals surface area contributed by atoms with Gasteiger partial charge in [-0.2, -0.15) is 0 Å². The highest BCUT2D eigenvalue weighted by Gasteiger charge is 2.17. The average Bonchev–Trinajstić information content (AvgIpc) is 2.40. The molecule has 106 valence electrons. The molecule has 0 aliphatic carbocycles. The monoisotopic (exact) mass is 264 g/mol. The van der Waals surface area contributed by atoms with Crippen LogP contribution in [-0.4, -0.2) is 33.2 Å². The summed E-state index contributed by atoms with van der Waals surface area (Å²) in [5.74, 6) is 0.961. The molecule has 1 aromatic rings. The second kappa shape index (κ2) is 6.57. The van der Waals surface area contributed by atoms with Crippen molar-refractivity contribution in [2.45, 2.75) is 27.7 Å². The molecule has 4 heteroatoms. The van der Waals surface area contributed by atoms with Gasteiger partial charge in [-0.25, -0.2) is 0 Å². The minimum atomic E-state index is 0.0638. The smallest absolute Gasteiger partial charge is 0.240 e. The van der Waals surface area contributed by atoms with Crippen LogP contribution in [0, 0.1) is 20.8 Å². The van der Waals surface area contributed by atoms with Crippen LogP contribution in [0.2, 0.25) is 0 Å². The minimum absolute atomic E-state index is 0.0638. The Morgan fingerprint density at radius 1 is 1.32 bits per heavy atom. The fourth-order valence-electron chi connectivity index (χ4n) is 2.18. The molecule has 0 aromatic heterocycles. The van der Waals surface area contributed by atoms with Crippen molar-refractivity contribution < 1.29 is 9.53 Å². The van der Waals surface area contributed by atoms with E-state index in [1.807, 2.05) is 40.8 Å². The molecule has 1 rings (SSSR count). The highest BCUT2D eigenvalue weighted by atomic mass is 16.5. The lowest BCUT2D eigenvalue weighted by Gasteiger charge is -2.23. The third-order valence-corrected chi connectivity index (χ3v) is 3.46. The zero-order chi connectivity index (χ0) is 14.6. The Hall–Kier alpha value is -1.55. The quantitative estimate of drug-likeness (QED) is 0.886. The first kappa shape index (κ1) is 15.5. The Morgan fingerprint density at radius 2 is 1.95 bits per heavy atom. The molecule has 0 aliphatic heterocycles. The third kappa shape index (κ3) is 3.26. The molecule has 0 fully saturated rings. The van der Waals surface area contributed by atoms with Gasteiger partial charge >= 0.3 is 0 Å². The molecule has 1 aromatic carbocycles. The topological polar surface area (TPSA) is 41.6 Å². The molecule has 1 amide bonds. The van der Waals surface area contributed by atoms with E-state index in [9.17, 15) is 4.79 Å². The first-order chi connectivity index (χ1) is 8.93. The molecule has 1 N–H and O–H groups in total. The van der Waals surface area contributed by atoms with E-state index in [4.69, 9.17) is 4.74 Å². The maximum atomic E-state index is 12.1. The molecular weight excluding hydrogens is 240 g/mol. The van der Waals surface area contributed by atoms with E-state index in [2.05, 4.69) is 5.32 Å². The number of likely N-dealkylation sites (N-methyl/N-ethyl adjacent to an activating group) is 2. The maximum absolute atomic E-state index is 12.1. The summed E-state index contributed by atoms with van der Waals surface area (Å²) in [6, 6.07) is 2.00. The summed E-state index contributed by atoms with van der Waals surface area (Å²) in [6.07, 6.45) is 0. The molecule has 0 aliphatic rings. The highest BCUT2D eigenvalue weighted by molar-refractivity contribution is 5.95. The number of carbonyl (C=O) groups is 1. The molecule has 0 spiro atoms. The summed E-state index contributed by atoms with van der Waals surface area (Å²) in [6.45, 7) is 9.17. The summed E-state index contributed by atoms with van der Waals surface area (Å²) in [5, 5.41) is 3.05. The fraction of sp³-hybridized carbons (Fsp3) is 0.533. The Kier molecular flexibility index (Phi) is 5.36. The highest BCUT2D eigenvalue weighted by Crippen LogP contribution is 2.32. The van der Waals surface area contributed by atoms with Crippen molar-refractivity contribution in [3.63, 3.8) is 0 Å². The first-order valence-electron chi connectivity index (χ1n) is 6.56. The molecule has 0 atom stereocenters. The number of rotatable bonds is 5. The lowest BCUT2D eigenvalue weighted by Crippen LogP contribution is -2.36. The summed E-state index contributed by atoms with van der Waals surface area (Å²) in [5.41, 5.74) is 4.15. The Balaban J connectivity index is 3.11. The predicted octanol–water partition coefficient (Wildman–Crippen LogP) is 2.19. The van der Waals surface area contributed by atoms with Crippen molar-refractivity contribution in [2.75, 3.05) is 32.1 Å². The zero-order valence-electron chi connectivity index (χ0n) is 12.8. The fourth-order valence-corrected chi connectivity index (χ4v) is 2.18. The molecule has 0 saturated carbocycles. The Bertz CT molecular complexity index is 470. The van der Waals surface area contributed by atoms with Crippen LogP contribution in [0.3, 0.4) is 0 Å². The van der Waals surface area contributed by atoms with Gasteiger partial charge in [0, 0.05) is 12.7 Å². The van der Waals surface area contributed by atoms with Crippen LogP contribution in [0.15, 0.2) is 6.07 Å². The van der Waals surface area contributed by atoms with E-state index in [1.54, 1.807) is 12.0 Å². The van der Waals surface area contributed by atoms with Gasteiger partial charge in [0.25, 0.3) is 0 Å². The maximum Gasteiger partial charge on any atom is 0.240 e. The van der Waals surface area contributed by atoms with E-state index in [0.717, 1.165) is 34.7 Å². The van der Waals surface area contributed by atoms with Crippen LogP contribution in [0.25, 0.3) is 0 Å². The van der Waals surface area contributed by atoms with Gasteiger partial charge in [0.2, 0.25) is 5.91 Å². The molecule has 0 unspecified atom stereocenters. The number of aryl methyl sites for hydroxylation is 1. The van der Waals surface area contributed by atoms with Crippen LogP contribution in [-0.2, 0) is 4.79 Å². The van der Waals surface area contributed by atoms with Crippen molar-refractivity contribution >= 4 is 11.6 Å². The van der Waals surface area contributed by atoms with Crippen LogP contribution in [0.5, 0.6) is 5.75 Å². The normalized spacial score (nSPS) is 10.4. The van der Waals surface area contributed by atoms with Gasteiger partial charge in [0.15, 0.2) is 0 Å². The summed E-state index contributed by atoms with van der Waals surface area (Å²) in [4.78, 5) is 13.8. The third-order valence-electron chi connectivity index (χ3n) is 3.46. The second-order valence-electron chi connectivity index (χ2n) is 4.73. The van der Waals surface area contributed by atoms with E-state index >= 15 is 0 Å². The van der Waals surface area contributed by atoms with E-state index in [-0.39, 0.29) is 5.91 Å². The number of methoxy groups -OCH3 is 1. The molecule has 19 heavy (non-hydrogen) atoms. The number of hydrogen-bond donors (Lipinski definition) is 1. The summed E-state index contributed by atoms with van der Waals surface area (Å²) in [7, 11) is 3.49. The van der Waals surface area contributed by atoms with Crippen LogP contribution in [0.4, 0.5) is 5.69 Å². The summed E-state index contributed by atoms with van der Waals surface area (Å²) >= 11 is 0. The van der Waals surface area contributed by atoms with Gasteiger partial charge in [-0.1, -0.05) is 6.92 Å². The number of carbonyl (C=O) groups excluding carboxylic acids is 1. The minimum Gasteiger partial charge on any atom is -0.496 e. The van der Waals surface area contributed by atoms with Crippen LogP contribution in [0.1, 0.15) is 23.6 Å². The number of ether oxygens (including phenoxy) is 1. The number of nitrogens with one attached hydrogen (secondary N) is 1. The molecule has 0 bridgehead atoms. The Morgan fingerprint density at radius 3 is 2.47 bits per heavy atom. The molecule has 4 nitrogen and oxygen atoms in total. The average molecular weight is 264 g/mol. The van der Waals surface area contributed by atoms with Crippen molar-refractivity contribution in [3.8, 4) is 5.75 Å². The molecule has 0 saturated heterocycles. The number of amides is 1. The van der Waals surface area contributed by atoms with Gasteiger partial charge in [0.1, 0.15) is 5.75 Å². The first-order valence-corrected chi connectivity index (χ1v) is 6.56. The van der Waals surface area contributed by atoms with Gasteiger partial charge in [-0.05, 0) is 50.1 Å². The zero-order valence-corrected chi connectivity index (χ0v) is 12.8. The number of hydrogen-bond acceptors (Lipinski definition) is 3. The number of nitrogens with zero attached hydrogens (tertiary/aromatic N) is 1. The Labute approximate surface area is 115 Å². The van der Waals surface area contributed by atoms with Crippen molar-refractivity contribution in [1.29, 1.82) is 0 Å². The number of benzene rings is 1. The van der Waals surface area contributed by atoms with Gasteiger partial charge in [-0.3, -0.25) is 4.79 Å². The largest absolute Gasteiger partial charge is 0.496 e. The van der Waals surface area contributed by atoms with Crippen molar-refractivity contribution in [2.24, 2.45) is 0 Å². The lowest BCUT2D eigenvalue weighted by molar-refractivity contribution is -0.117. The van der Waals surface area contributed by atoms with Crippen LogP contribution >= 0.6 is 0 Å². The molecule has 0 radical (unpaired) electrons. The lowest BCUT2D eigenvalue weighted by atomic mass is 10.0. The second-order valence-corrected chi connectivity index (χ2v) is 4.73. The van der Waals surface area contributed by atoms with Gasteiger partial charge in [0.05, 0.1) is 13.7 Å². The van der Waals surface area contributed by atoms with Crippen molar-refractivity contribution in [3.05, 3.63) is 22.8 Å². The van der Waals surface area contributed by atoms with E-state index in [0.29, 0.717) is 6.54 Å². The van der Waals surface area contributed by atoms with Gasteiger partial charge < -0.3 is 15.0 Å². The SMILES string of the molecule is CCNCC(=O)N(C)c1cc(C)c(OC)c(C)c1C. The molecule has 0 heterocycles. The van der Waals surface area contributed by atoms with E-state index < -0.39 is 0 Å². The predicted molar refractivity (Wildman–Crippen MR) is 79.2 cm³/mol. The van der Waals surface area contributed by atoms with Crippen LogP contribution < -0.4 is 15.0 Å². The number of anilines is 1.